The molecule has 4 rings (SSSR count). The number of carbonyl (C=O) groups is 1. The van der Waals surface area contributed by atoms with Crippen molar-refractivity contribution in [3.8, 4) is 10.7 Å². The van der Waals surface area contributed by atoms with Crippen LogP contribution in [0.5, 0.6) is 0 Å². The molecule has 0 saturated carbocycles. The Kier molecular flexibility index (Phi) is 5.78. The van der Waals surface area contributed by atoms with Crippen molar-refractivity contribution < 1.29 is 13.7 Å². The summed E-state index contributed by atoms with van der Waals surface area (Å²) in [6.45, 7) is 3.68. The summed E-state index contributed by atoms with van der Waals surface area (Å²) < 4.78 is 19.1. The average molecular weight is 400 g/mol. The molecule has 0 atom stereocenters. The minimum absolute atomic E-state index is 0.147. The second kappa shape index (κ2) is 8.62. The van der Waals surface area contributed by atoms with Crippen LogP contribution in [0.4, 0.5) is 4.39 Å². The van der Waals surface area contributed by atoms with Gasteiger partial charge in [-0.15, -0.1) is 11.3 Å². The third kappa shape index (κ3) is 4.28. The second-order valence-electron chi connectivity index (χ2n) is 6.71. The van der Waals surface area contributed by atoms with Gasteiger partial charge in [0.15, 0.2) is 0 Å². The Balaban J connectivity index is 1.22. The van der Waals surface area contributed by atoms with Crippen LogP contribution in [0.15, 0.2) is 46.3 Å². The molecule has 3 heterocycles. The molecule has 0 aliphatic carbocycles. The predicted molar refractivity (Wildman–Crippen MR) is 105 cm³/mol. The van der Waals surface area contributed by atoms with E-state index in [1.807, 2.05) is 17.5 Å². The first-order chi connectivity index (χ1) is 13.7. The highest BCUT2D eigenvalue weighted by atomic mass is 32.1. The quantitative estimate of drug-likeness (QED) is 0.635. The Hall–Kier alpha value is -2.58. The third-order valence-electron chi connectivity index (χ3n) is 4.84. The zero-order valence-electron chi connectivity index (χ0n) is 15.4. The highest BCUT2D eigenvalue weighted by Gasteiger charge is 2.23. The van der Waals surface area contributed by atoms with Crippen LogP contribution in [0, 0.1) is 5.82 Å². The van der Waals surface area contributed by atoms with Gasteiger partial charge in [-0.1, -0.05) is 23.4 Å². The Morgan fingerprint density at radius 3 is 2.71 bits per heavy atom. The first-order valence-electron chi connectivity index (χ1n) is 9.33. The van der Waals surface area contributed by atoms with E-state index in [0.29, 0.717) is 24.8 Å². The van der Waals surface area contributed by atoms with Crippen LogP contribution in [0.1, 0.15) is 22.7 Å². The molecule has 6 nitrogen and oxygen atoms in total. The van der Waals surface area contributed by atoms with E-state index in [9.17, 15) is 9.18 Å². The van der Waals surface area contributed by atoms with E-state index in [-0.39, 0.29) is 11.5 Å². The first kappa shape index (κ1) is 18.8. The summed E-state index contributed by atoms with van der Waals surface area (Å²) in [7, 11) is 0. The predicted octanol–water partition coefficient (Wildman–Crippen LogP) is 3.33. The molecule has 1 fully saturated rings. The zero-order valence-corrected chi connectivity index (χ0v) is 16.2. The van der Waals surface area contributed by atoms with Crippen LogP contribution in [-0.4, -0.2) is 58.6 Å². The van der Waals surface area contributed by atoms with Crippen molar-refractivity contribution in [3.05, 3.63) is 59.0 Å². The topological polar surface area (TPSA) is 62.5 Å². The third-order valence-corrected chi connectivity index (χ3v) is 5.70. The lowest BCUT2D eigenvalue weighted by Crippen LogP contribution is -2.49. The molecular weight excluding hydrogens is 379 g/mol. The minimum Gasteiger partial charge on any atom is -0.339 e. The normalized spacial score (nSPS) is 15.1. The number of rotatable bonds is 6. The number of benzene rings is 1. The summed E-state index contributed by atoms with van der Waals surface area (Å²) in [6, 6.07) is 10.1. The Bertz CT molecular complexity index is 920. The van der Waals surface area contributed by atoms with Crippen molar-refractivity contribution in [2.45, 2.75) is 12.8 Å². The highest BCUT2D eigenvalue weighted by Crippen LogP contribution is 2.21. The number of thiophene rings is 1. The molecule has 28 heavy (non-hydrogen) atoms. The first-order valence-corrected chi connectivity index (χ1v) is 10.2. The average Bonchev–Trinajstić information content (AvgIpc) is 3.40. The number of piperazine rings is 1. The number of aryl methyl sites for hydroxylation is 1. The molecule has 3 aromatic rings. The molecule has 1 aliphatic heterocycles. The van der Waals surface area contributed by atoms with Gasteiger partial charge in [0.25, 0.3) is 5.91 Å². The van der Waals surface area contributed by atoms with E-state index in [1.165, 1.54) is 6.07 Å². The number of hydrogen-bond acceptors (Lipinski definition) is 6. The van der Waals surface area contributed by atoms with E-state index in [4.69, 9.17) is 4.52 Å². The minimum atomic E-state index is -0.462. The van der Waals surface area contributed by atoms with Gasteiger partial charge < -0.3 is 9.42 Å². The van der Waals surface area contributed by atoms with Crippen LogP contribution in [0.3, 0.4) is 0 Å². The smallest absolute Gasteiger partial charge is 0.256 e. The summed E-state index contributed by atoms with van der Waals surface area (Å²) in [5, 5.41) is 6.01. The van der Waals surface area contributed by atoms with Gasteiger partial charge in [-0.3, -0.25) is 9.69 Å². The van der Waals surface area contributed by atoms with Crippen LogP contribution in [-0.2, 0) is 6.42 Å². The molecule has 0 N–H and O–H groups in total. The summed E-state index contributed by atoms with van der Waals surface area (Å²) >= 11 is 1.59. The van der Waals surface area contributed by atoms with E-state index in [0.717, 1.165) is 37.4 Å². The number of nitrogens with zero attached hydrogens (tertiary/aromatic N) is 4. The molecular formula is C20H21FN4O2S. The van der Waals surface area contributed by atoms with Gasteiger partial charge in [-0.25, -0.2) is 4.39 Å². The lowest BCUT2D eigenvalue weighted by molar-refractivity contribution is 0.0631. The van der Waals surface area contributed by atoms with Crippen LogP contribution < -0.4 is 0 Å². The summed E-state index contributed by atoms with van der Waals surface area (Å²) in [5.41, 5.74) is 0.147. The van der Waals surface area contributed by atoms with E-state index < -0.39 is 5.82 Å². The van der Waals surface area contributed by atoms with Crippen molar-refractivity contribution >= 4 is 17.2 Å². The standard InChI is InChI=1S/C20H21FN4O2S/c21-16-6-2-1-5-15(16)20(26)25-12-10-24(11-13-25)9-3-8-18-22-19(23-27-18)17-7-4-14-28-17/h1-2,4-7,14H,3,8-13H2. The van der Waals surface area contributed by atoms with Gasteiger partial charge >= 0.3 is 0 Å². The lowest BCUT2D eigenvalue weighted by atomic mass is 10.1. The molecule has 0 radical (unpaired) electrons. The van der Waals surface area contributed by atoms with Gasteiger partial charge in [0.05, 0.1) is 10.4 Å². The highest BCUT2D eigenvalue weighted by molar-refractivity contribution is 7.13. The molecule has 1 aromatic carbocycles. The number of carbonyl (C=O) groups excluding carboxylic acids is 1. The maximum atomic E-state index is 13.8. The molecule has 1 aliphatic rings. The summed E-state index contributed by atoms with van der Waals surface area (Å²) in [5.74, 6) is 0.600. The van der Waals surface area contributed by atoms with Crippen LogP contribution in [0.25, 0.3) is 10.7 Å². The number of amides is 1. The Labute approximate surface area is 166 Å². The van der Waals surface area contributed by atoms with E-state index in [1.54, 1.807) is 34.4 Å². The molecule has 146 valence electrons. The van der Waals surface area contributed by atoms with Crippen molar-refractivity contribution in [2.24, 2.45) is 0 Å². The Morgan fingerprint density at radius 1 is 1.14 bits per heavy atom. The fraction of sp³-hybridized carbons (Fsp3) is 0.350. The van der Waals surface area contributed by atoms with Crippen molar-refractivity contribution in [3.63, 3.8) is 0 Å². The molecule has 0 unspecified atom stereocenters. The van der Waals surface area contributed by atoms with Crippen molar-refractivity contribution in [1.82, 2.24) is 19.9 Å². The molecule has 0 bridgehead atoms. The zero-order chi connectivity index (χ0) is 19.3. The summed E-state index contributed by atoms with van der Waals surface area (Å²) in [6.07, 6.45) is 1.64. The van der Waals surface area contributed by atoms with Crippen LogP contribution >= 0.6 is 11.3 Å². The van der Waals surface area contributed by atoms with E-state index >= 15 is 0 Å². The SMILES string of the molecule is O=C(c1ccccc1F)N1CCN(CCCc2nc(-c3cccs3)no2)CC1. The van der Waals surface area contributed by atoms with E-state index in [2.05, 4.69) is 15.0 Å². The van der Waals surface area contributed by atoms with Gasteiger partial charge in [-0.2, -0.15) is 4.98 Å². The van der Waals surface area contributed by atoms with Crippen molar-refractivity contribution in [2.75, 3.05) is 32.7 Å². The number of aromatic nitrogens is 2. The van der Waals surface area contributed by atoms with Crippen molar-refractivity contribution in [1.29, 1.82) is 0 Å². The molecule has 2 aromatic heterocycles. The van der Waals surface area contributed by atoms with Gasteiger partial charge in [0.1, 0.15) is 5.82 Å². The maximum absolute atomic E-state index is 13.8. The fourth-order valence-corrected chi connectivity index (χ4v) is 3.94. The Morgan fingerprint density at radius 2 is 1.96 bits per heavy atom. The molecule has 0 spiro atoms. The summed E-state index contributed by atoms with van der Waals surface area (Å²) in [4.78, 5) is 21.9. The fourth-order valence-electron chi connectivity index (χ4n) is 3.30. The molecule has 1 amide bonds. The van der Waals surface area contributed by atoms with Crippen LogP contribution in [0.2, 0.25) is 0 Å². The molecule has 8 heteroatoms. The van der Waals surface area contributed by atoms with Gasteiger partial charge in [0, 0.05) is 32.6 Å². The maximum Gasteiger partial charge on any atom is 0.256 e. The number of halogens is 1. The largest absolute Gasteiger partial charge is 0.339 e. The lowest BCUT2D eigenvalue weighted by Gasteiger charge is -2.34. The van der Waals surface area contributed by atoms with Gasteiger partial charge in [0.2, 0.25) is 11.7 Å². The number of hydrogen-bond donors (Lipinski definition) is 0. The molecule has 1 saturated heterocycles. The van der Waals surface area contributed by atoms with Gasteiger partial charge in [-0.05, 0) is 36.5 Å². The second-order valence-corrected chi connectivity index (χ2v) is 7.65. The monoisotopic (exact) mass is 400 g/mol.